The molecule has 20 heavy (non-hydrogen) atoms. The van der Waals surface area contributed by atoms with Gasteiger partial charge in [-0.15, -0.1) is 0 Å². The molecule has 1 aliphatic rings. The number of pyridine rings is 1. The van der Waals surface area contributed by atoms with Gasteiger partial charge in [0.2, 0.25) is 0 Å². The third kappa shape index (κ3) is 3.91. The van der Waals surface area contributed by atoms with Crippen LogP contribution in [0.25, 0.3) is 0 Å². The first-order valence-electron chi connectivity index (χ1n) is 7.15. The predicted molar refractivity (Wildman–Crippen MR) is 79.8 cm³/mol. The number of aliphatic hydroxyl groups is 2. The van der Waals surface area contributed by atoms with Gasteiger partial charge >= 0.3 is 0 Å². The van der Waals surface area contributed by atoms with Crippen LogP contribution in [-0.4, -0.2) is 58.4 Å². The van der Waals surface area contributed by atoms with Crippen molar-refractivity contribution in [1.82, 2.24) is 9.88 Å². The number of rotatable bonds is 4. The Bertz CT molecular complexity index is 449. The van der Waals surface area contributed by atoms with Crippen molar-refractivity contribution in [3.63, 3.8) is 0 Å². The van der Waals surface area contributed by atoms with Gasteiger partial charge in [0.15, 0.2) is 0 Å². The Kier molecular flexibility index (Phi) is 4.62. The molecule has 0 atom stereocenters. The second-order valence-electron chi connectivity index (χ2n) is 6.22. The van der Waals surface area contributed by atoms with E-state index in [4.69, 9.17) is 5.11 Å². The van der Waals surface area contributed by atoms with Crippen molar-refractivity contribution in [3.8, 4) is 0 Å². The highest BCUT2D eigenvalue weighted by Crippen LogP contribution is 2.20. The highest BCUT2D eigenvalue weighted by Gasteiger charge is 2.23. The maximum Gasteiger partial charge on any atom is 0.131 e. The summed E-state index contributed by atoms with van der Waals surface area (Å²) >= 11 is 0. The molecule has 0 spiro atoms. The lowest BCUT2D eigenvalue weighted by Gasteiger charge is -2.38. The summed E-state index contributed by atoms with van der Waals surface area (Å²) in [6.07, 6.45) is 1.74. The Morgan fingerprint density at radius 1 is 1.25 bits per heavy atom. The monoisotopic (exact) mass is 279 g/mol. The first-order chi connectivity index (χ1) is 9.39. The Balaban J connectivity index is 1.97. The molecule has 0 saturated carbocycles. The van der Waals surface area contributed by atoms with Gasteiger partial charge in [-0.05, 0) is 38.0 Å². The van der Waals surface area contributed by atoms with Crippen LogP contribution in [-0.2, 0) is 6.61 Å². The van der Waals surface area contributed by atoms with Crippen molar-refractivity contribution in [3.05, 3.63) is 23.4 Å². The molecular weight excluding hydrogens is 254 g/mol. The van der Waals surface area contributed by atoms with E-state index in [1.54, 1.807) is 6.20 Å². The van der Waals surface area contributed by atoms with Crippen molar-refractivity contribution < 1.29 is 10.2 Å². The summed E-state index contributed by atoms with van der Waals surface area (Å²) in [5.74, 6) is 1.00. The van der Waals surface area contributed by atoms with Crippen LogP contribution in [0.2, 0.25) is 0 Å². The van der Waals surface area contributed by atoms with Crippen LogP contribution in [0.3, 0.4) is 0 Å². The zero-order valence-corrected chi connectivity index (χ0v) is 12.6. The van der Waals surface area contributed by atoms with E-state index in [1.165, 1.54) is 0 Å². The topological polar surface area (TPSA) is 59.8 Å². The lowest BCUT2D eigenvalue weighted by Crippen LogP contribution is -2.50. The van der Waals surface area contributed by atoms with Gasteiger partial charge in [-0.1, -0.05) is 0 Å². The maximum atomic E-state index is 9.86. The predicted octanol–water partition coefficient (Wildman–Crippen LogP) is 0.775. The Labute approximate surface area is 120 Å². The summed E-state index contributed by atoms with van der Waals surface area (Å²) in [7, 11) is 0. The molecule has 0 radical (unpaired) electrons. The molecule has 1 saturated heterocycles. The second kappa shape index (κ2) is 6.08. The maximum absolute atomic E-state index is 9.86. The summed E-state index contributed by atoms with van der Waals surface area (Å²) in [5.41, 5.74) is 1.32. The highest BCUT2D eigenvalue weighted by atomic mass is 16.3. The molecule has 1 aromatic heterocycles. The molecule has 0 bridgehead atoms. The number of hydrogen-bond donors (Lipinski definition) is 2. The van der Waals surface area contributed by atoms with E-state index in [0.29, 0.717) is 6.54 Å². The number of piperazine rings is 1. The second-order valence-corrected chi connectivity index (χ2v) is 6.22. The zero-order chi connectivity index (χ0) is 14.8. The van der Waals surface area contributed by atoms with E-state index in [2.05, 4.69) is 14.8 Å². The first kappa shape index (κ1) is 15.2. The first-order valence-corrected chi connectivity index (χ1v) is 7.15. The molecule has 5 heteroatoms. The van der Waals surface area contributed by atoms with Crippen LogP contribution in [0.5, 0.6) is 0 Å². The summed E-state index contributed by atoms with van der Waals surface area (Å²) in [4.78, 5) is 9.03. The Morgan fingerprint density at radius 2 is 1.90 bits per heavy atom. The van der Waals surface area contributed by atoms with Gasteiger partial charge < -0.3 is 15.1 Å². The molecule has 0 amide bonds. The average Bonchev–Trinajstić information content (AvgIpc) is 2.38. The molecule has 2 N–H and O–H groups in total. The number of hydrogen-bond acceptors (Lipinski definition) is 5. The summed E-state index contributed by atoms with van der Waals surface area (Å²) in [6, 6.07) is 1.99. The molecule has 0 unspecified atom stereocenters. The quantitative estimate of drug-likeness (QED) is 0.853. The van der Waals surface area contributed by atoms with Crippen molar-refractivity contribution in [2.45, 2.75) is 33.0 Å². The van der Waals surface area contributed by atoms with Crippen LogP contribution < -0.4 is 4.90 Å². The normalized spacial score (nSPS) is 17.6. The van der Waals surface area contributed by atoms with Crippen molar-refractivity contribution in [1.29, 1.82) is 0 Å². The van der Waals surface area contributed by atoms with Crippen LogP contribution in [0.4, 0.5) is 5.82 Å². The zero-order valence-electron chi connectivity index (χ0n) is 12.6. The summed E-state index contributed by atoms with van der Waals surface area (Å²) < 4.78 is 0. The van der Waals surface area contributed by atoms with Crippen LogP contribution in [0, 0.1) is 6.92 Å². The van der Waals surface area contributed by atoms with E-state index >= 15 is 0 Å². The summed E-state index contributed by atoms with van der Waals surface area (Å²) in [6.45, 7) is 10.2. The minimum atomic E-state index is -0.640. The van der Waals surface area contributed by atoms with Gasteiger partial charge in [0.25, 0.3) is 0 Å². The smallest absolute Gasteiger partial charge is 0.131 e. The number of aromatic nitrogens is 1. The largest absolute Gasteiger partial charge is 0.392 e. The lowest BCUT2D eigenvalue weighted by molar-refractivity contribution is 0.0344. The van der Waals surface area contributed by atoms with E-state index in [0.717, 1.165) is 43.1 Å². The third-order valence-electron chi connectivity index (χ3n) is 3.57. The molecule has 0 aromatic carbocycles. The number of aryl methyl sites for hydroxylation is 1. The lowest BCUT2D eigenvalue weighted by atomic mass is 10.1. The number of anilines is 1. The van der Waals surface area contributed by atoms with Crippen molar-refractivity contribution in [2.75, 3.05) is 37.6 Å². The Hall–Kier alpha value is -1.17. The van der Waals surface area contributed by atoms with Crippen LogP contribution in [0.15, 0.2) is 12.3 Å². The minimum Gasteiger partial charge on any atom is -0.392 e. The van der Waals surface area contributed by atoms with Crippen LogP contribution >= 0.6 is 0 Å². The van der Waals surface area contributed by atoms with E-state index in [9.17, 15) is 5.11 Å². The Morgan fingerprint density at radius 3 is 2.40 bits per heavy atom. The van der Waals surface area contributed by atoms with Crippen molar-refractivity contribution >= 4 is 5.82 Å². The van der Waals surface area contributed by atoms with E-state index < -0.39 is 5.60 Å². The number of nitrogens with zero attached hydrogens (tertiary/aromatic N) is 3. The fourth-order valence-electron chi connectivity index (χ4n) is 2.71. The SMILES string of the molecule is Cc1cc(CO)cnc1N1CCN(CC(C)(C)O)CC1. The molecule has 2 rings (SSSR count). The van der Waals surface area contributed by atoms with Gasteiger partial charge in [-0.3, -0.25) is 4.90 Å². The third-order valence-corrected chi connectivity index (χ3v) is 3.57. The fourth-order valence-corrected chi connectivity index (χ4v) is 2.71. The van der Waals surface area contributed by atoms with E-state index in [1.807, 2.05) is 26.8 Å². The molecule has 1 aliphatic heterocycles. The van der Waals surface area contributed by atoms with Gasteiger partial charge in [-0.25, -0.2) is 4.98 Å². The van der Waals surface area contributed by atoms with Gasteiger partial charge in [0.05, 0.1) is 12.2 Å². The van der Waals surface area contributed by atoms with Gasteiger partial charge in [-0.2, -0.15) is 0 Å². The number of aliphatic hydroxyl groups excluding tert-OH is 1. The fraction of sp³-hybridized carbons (Fsp3) is 0.667. The molecule has 1 fully saturated rings. The van der Waals surface area contributed by atoms with Crippen molar-refractivity contribution in [2.24, 2.45) is 0 Å². The molecule has 5 nitrogen and oxygen atoms in total. The molecular formula is C15H25N3O2. The summed E-state index contributed by atoms with van der Waals surface area (Å²) in [5, 5.41) is 19.0. The molecule has 2 heterocycles. The molecule has 112 valence electrons. The standard InChI is InChI=1S/C15H25N3O2/c1-12-8-13(10-19)9-16-14(12)18-6-4-17(5-7-18)11-15(2,3)20/h8-9,19-20H,4-7,10-11H2,1-3H3. The van der Waals surface area contributed by atoms with Gasteiger partial charge in [0, 0.05) is 38.9 Å². The average molecular weight is 279 g/mol. The van der Waals surface area contributed by atoms with Crippen LogP contribution in [0.1, 0.15) is 25.0 Å². The van der Waals surface area contributed by atoms with Gasteiger partial charge in [0.1, 0.15) is 5.82 Å². The van der Waals surface area contributed by atoms with E-state index in [-0.39, 0.29) is 6.61 Å². The molecule has 1 aromatic rings. The number of β-amino-alcohol motifs (C(OH)–C–C–N with tert-alkyl or cyclic N) is 1. The minimum absolute atomic E-state index is 0.0352. The highest BCUT2D eigenvalue weighted by molar-refractivity contribution is 5.47. The molecule has 0 aliphatic carbocycles.